The quantitative estimate of drug-likeness (QED) is 0.345. The number of aryl methyl sites for hydroxylation is 1. The summed E-state index contributed by atoms with van der Waals surface area (Å²) >= 11 is 0. The first kappa shape index (κ1) is 18.2. The van der Waals surface area contributed by atoms with Crippen LogP contribution in [0.3, 0.4) is 0 Å². The van der Waals surface area contributed by atoms with Crippen LogP contribution in [0.15, 0.2) is 60.7 Å². The Morgan fingerprint density at radius 3 is 2.48 bits per heavy atom. The highest BCUT2D eigenvalue weighted by atomic mass is 16.6. The van der Waals surface area contributed by atoms with Crippen molar-refractivity contribution in [1.82, 2.24) is 0 Å². The van der Waals surface area contributed by atoms with Crippen molar-refractivity contribution < 1.29 is 9.72 Å². The highest BCUT2D eigenvalue weighted by Gasteiger charge is 2.18. The average molecular weight is 333 g/mol. The number of Topliss-reactive ketones (excluding diaryl/α,β-unsaturated/α-hetero) is 1. The van der Waals surface area contributed by atoms with E-state index in [1.54, 1.807) is 30.3 Å². The van der Waals surface area contributed by atoms with Crippen molar-refractivity contribution in [3.8, 4) is 11.8 Å². The molecular weight excluding hydrogens is 314 g/mol. The molecular formula is C21H19NO3. The van der Waals surface area contributed by atoms with Gasteiger partial charge in [-0.25, -0.2) is 0 Å². The molecule has 0 saturated carbocycles. The number of benzene rings is 2. The number of hydrogen-bond acceptors (Lipinski definition) is 3. The van der Waals surface area contributed by atoms with Gasteiger partial charge in [-0.2, -0.15) is 0 Å². The molecule has 2 rings (SSSR count). The van der Waals surface area contributed by atoms with Crippen LogP contribution in [0.4, 0.5) is 0 Å². The van der Waals surface area contributed by atoms with Gasteiger partial charge in [-0.1, -0.05) is 72.0 Å². The van der Waals surface area contributed by atoms with Crippen LogP contribution < -0.4 is 0 Å². The number of hydrogen-bond donors (Lipinski definition) is 0. The third-order valence-corrected chi connectivity index (χ3v) is 3.62. The summed E-state index contributed by atoms with van der Waals surface area (Å²) in [5.74, 6) is 4.92. The van der Waals surface area contributed by atoms with E-state index in [1.165, 1.54) is 5.56 Å². The molecule has 1 atom stereocenters. The highest BCUT2D eigenvalue weighted by molar-refractivity contribution is 5.96. The summed E-state index contributed by atoms with van der Waals surface area (Å²) in [6.07, 6.45) is 3.54. The average Bonchev–Trinajstić information content (AvgIpc) is 2.60. The predicted octanol–water partition coefficient (Wildman–Crippen LogP) is 4.18. The fourth-order valence-corrected chi connectivity index (χ4v) is 2.29. The Hall–Kier alpha value is -3.19. The first-order valence-corrected chi connectivity index (χ1v) is 7.99. The lowest BCUT2D eigenvalue weighted by Gasteiger charge is -2.05. The zero-order valence-electron chi connectivity index (χ0n) is 14.0. The molecule has 0 aliphatic carbocycles. The molecule has 0 heterocycles. The summed E-state index contributed by atoms with van der Waals surface area (Å²) in [7, 11) is 0. The number of rotatable bonds is 6. The first-order valence-electron chi connectivity index (χ1n) is 7.99. The topological polar surface area (TPSA) is 60.2 Å². The summed E-state index contributed by atoms with van der Waals surface area (Å²) in [6.45, 7) is 1.67. The van der Waals surface area contributed by atoms with Crippen molar-refractivity contribution in [3.63, 3.8) is 0 Å². The van der Waals surface area contributed by atoms with E-state index in [2.05, 4.69) is 11.8 Å². The summed E-state index contributed by atoms with van der Waals surface area (Å²) in [5.41, 5.74) is 2.73. The molecule has 0 saturated heterocycles. The Labute approximate surface area is 147 Å². The Balaban J connectivity index is 2.04. The third kappa shape index (κ3) is 6.44. The minimum absolute atomic E-state index is 0.0381. The number of ketones is 1. The number of allylic oxidation sites excluding steroid dienone is 1. The van der Waals surface area contributed by atoms with Crippen LogP contribution in [0.25, 0.3) is 6.08 Å². The first-order chi connectivity index (χ1) is 12.0. The highest BCUT2D eigenvalue weighted by Crippen LogP contribution is 2.10. The van der Waals surface area contributed by atoms with Gasteiger partial charge in [-0.15, -0.1) is 0 Å². The molecule has 0 amide bonds. The molecule has 0 N–H and O–H groups in total. The summed E-state index contributed by atoms with van der Waals surface area (Å²) in [6, 6.07) is 16.7. The van der Waals surface area contributed by atoms with Crippen LogP contribution in [0.1, 0.15) is 27.9 Å². The number of carbonyl (C=O) groups excluding carboxylic acids is 1. The van der Waals surface area contributed by atoms with Gasteiger partial charge in [-0.05, 0) is 24.6 Å². The zero-order chi connectivity index (χ0) is 18.1. The second-order valence-electron chi connectivity index (χ2n) is 5.74. The minimum atomic E-state index is -0.606. The van der Waals surface area contributed by atoms with E-state index in [4.69, 9.17) is 0 Å². The zero-order valence-corrected chi connectivity index (χ0v) is 14.0. The Morgan fingerprint density at radius 2 is 1.84 bits per heavy atom. The molecule has 0 fully saturated rings. The normalized spacial score (nSPS) is 11.6. The summed E-state index contributed by atoms with van der Waals surface area (Å²) in [4.78, 5) is 22.6. The SMILES string of the molecule is Cc1ccc(/C=C/C#C[C@H](CC(=O)c2ccccc2)C[N+](=O)[O-])cc1. The summed E-state index contributed by atoms with van der Waals surface area (Å²) < 4.78 is 0. The Kier molecular flexibility index (Phi) is 6.67. The molecule has 0 aromatic heterocycles. The van der Waals surface area contributed by atoms with Crippen molar-refractivity contribution in [3.05, 3.63) is 87.5 Å². The molecule has 4 heteroatoms. The molecule has 0 radical (unpaired) electrons. The lowest BCUT2D eigenvalue weighted by Crippen LogP contribution is -2.16. The molecule has 2 aromatic rings. The van der Waals surface area contributed by atoms with Gasteiger partial charge in [-0.3, -0.25) is 14.9 Å². The molecule has 25 heavy (non-hydrogen) atoms. The molecule has 126 valence electrons. The van der Waals surface area contributed by atoms with E-state index >= 15 is 0 Å². The van der Waals surface area contributed by atoms with Crippen molar-refractivity contribution in [2.45, 2.75) is 13.3 Å². The Morgan fingerprint density at radius 1 is 1.16 bits per heavy atom. The van der Waals surface area contributed by atoms with Gasteiger partial charge in [0.25, 0.3) is 0 Å². The molecule has 0 aliphatic rings. The largest absolute Gasteiger partial charge is 0.294 e. The smallest absolute Gasteiger partial charge is 0.217 e. The fraction of sp³-hybridized carbons (Fsp3) is 0.190. The van der Waals surface area contributed by atoms with Gasteiger partial charge in [0, 0.05) is 16.9 Å². The van der Waals surface area contributed by atoms with Gasteiger partial charge >= 0.3 is 0 Å². The van der Waals surface area contributed by atoms with Gasteiger partial charge in [0.1, 0.15) is 0 Å². The molecule has 4 nitrogen and oxygen atoms in total. The van der Waals surface area contributed by atoms with Gasteiger partial charge in [0.15, 0.2) is 5.78 Å². The predicted molar refractivity (Wildman–Crippen MR) is 98.7 cm³/mol. The van der Waals surface area contributed by atoms with Gasteiger partial charge in [0.05, 0.1) is 5.92 Å². The number of nitro groups is 1. The van der Waals surface area contributed by atoms with Gasteiger partial charge in [0.2, 0.25) is 6.54 Å². The van der Waals surface area contributed by atoms with Crippen LogP contribution in [0, 0.1) is 34.8 Å². The van der Waals surface area contributed by atoms with E-state index in [9.17, 15) is 14.9 Å². The summed E-state index contributed by atoms with van der Waals surface area (Å²) in [5, 5.41) is 10.8. The minimum Gasteiger partial charge on any atom is -0.294 e. The van der Waals surface area contributed by atoms with Crippen molar-refractivity contribution in [1.29, 1.82) is 0 Å². The molecule has 0 aliphatic heterocycles. The molecule has 0 unspecified atom stereocenters. The van der Waals surface area contributed by atoms with E-state index in [0.717, 1.165) is 5.56 Å². The standard InChI is InChI=1S/C21H19NO3/c1-17-11-13-18(14-12-17)7-5-6-8-19(16-22(24)25)15-21(23)20-9-3-2-4-10-20/h2-5,7,9-14,19H,15-16H2,1H3/b7-5+/t19-/m1/s1. The maximum Gasteiger partial charge on any atom is 0.217 e. The van der Waals surface area contributed by atoms with E-state index in [-0.39, 0.29) is 18.7 Å². The second-order valence-corrected chi connectivity index (χ2v) is 5.74. The van der Waals surface area contributed by atoms with Crippen molar-refractivity contribution in [2.75, 3.05) is 6.54 Å². The van der Waals surface area contributed by atoms with E-state index in [0.29, 0.717) is 5.56 Å². The third-order valence-electron chi connectivity index (χ3n) is 3.62. The monoisotopic (exact) mass is 333 g/mol. The number of carbonyl (C=O) groups is 1. The van der Waals surface area contributed by atoms with Crippen LogP contribution in [-0.2, 0) is 0 Å². The Bertz CT molecular complexity index is 812. The second kappa shape index (κ2) is 9.19. The fourth-order valence-electron chi connectivity index (χ4n) is 2.29. The number of nitrogens with zero attached hydrogens (tertiary/aromatic N) is 1. The lowest BCUT2D eigenvalue weighted by atomic mass is 9.98. The molecule has 2 aromatic carbocycles. The van der Waals surface area contributed by atoms with Crippen molar-refractivity contribution >= 4 is 11.9 Å². The molecule has 0 spiro atoms. The van der Waals surface area contributed by atoms with Crippen LogP contribution in [-0.4, -0.2) is 17.3 Å². The van der Waals surface area contributed by atoms with Crippen LogP contribution in [0.2, 0.25) is 0 Å². The maximum atomic E-state index is 12.2. The van der Waals surface area contributed by atoms with Crippen LogP contribution >= 0.6 is 0 Å². The van der Waals surface area contributed by atoms with Crippen LogP contribution in [0.5, 0.6) is 0 Å². The van der Waals surface area contributed by atoms with E-state index in [1.807, 2.05) is 43.3 Å². The van der Waals surface area contributed by atoms with Crippen molar-refractivity contribution in [2.24, 2.45) is 5.92 Å². The maximum absolute atomic E-state index is 12.2. The lowest BCUT2D eigenvalue weighted by molar-refractivity contribution is -0.485. The molecule has 0 bridgehead atoms. The van der Waals surface area contributed by atoms with E-state index < -0.39 is 10.8 Å². The van der Waals surface area contributed by atoms with Gasteiger partial charge < -0.3 is 0 Å².